The molecule has 2 saturated heterocycles. The molecule has 4 rings (SSSR count). The quantitative estimate of drug-likeness (QED) is 0.945. The van der Waals surface area contributed by atoms with E-state index in [1.807, 2.05) is 24.3 Å². The van der Waals surface area contributed by atoms with Gasteiger partial charge in [0, 0.05) is 31.0 Å². The van der Waals surface area contributed by atoms with Crippen LogP contribution in [-0.2, 0) is 11.3 Å². The van der Waals surface area contributed by atoms with Crippen molar-refractivity contribution < 1.29 is 9.21 Å². The minimum Gasteiger partial charge on any atom is -0.468 e. The maximum Gasteiger partial charge on any atom is 0.228 e. The molecule has 2 aromatic rings. The molecule has 2 aromatic heterocycles. The van der Waals surface area contributed by atoms with Gasteiger partial charge in [-0.15, -0.1) is 0 Å². The van der Waals surface area contributed by atoms with Gasteiger partial charge in [0.15, 0.2) is 0 Å². The molecule has 1 atom stereocenters. The third-order valence-electron chi connectivity index (χ3n) is 5.18. The smallest absolute Gasteiger partial charge is 0.228 e. The first-order valence-electron chi connectivity index (χ1n) is 8.21. The molecular formula is C18H21N3O2. The van der Waals surface area contributed by atoms with Crippen LogP contribution in [0, 0.1) is 0 Å². The Morgan fingerprint density at radius 2 is 2.04 bits per heavy atom. The molecule has 0 radical (unpaired) electrons. The zero-order valence-corrected chi connectivity index (χ0v) is 13.1. The number of carbonyl (C=O) groups excluding carboxylic acids is 1. The molecule has 5 nitrogen and oxygen atoms in total. The summed E-state index contributed by atoms with van der Waals surface area (Å²) in [5, 5.41) is 3.29. The van der Waals surface area contributed by atoms with Gasteiger partial charge in [-0.1, -0.05) is 0 Å². The number of hydrogen-bond acceptors (Lipinski definition) is 4. The topological polar surface area (TPSA) is 58.4 Å². The first-order valence-corrected chi connectivity index (χ1v) is 8.21. The largest absolute Gasteiger partial charge is 0.468 e. The van der Waals surface area contributed by atoms with Gasteiger partial charge in [0.2, 0.25) is 5.91 Å². The van der Waals surface area contributed by atoms with Crippen molar-refractivity contribution in [3.05, 3.63) is 54.2 Å². The molecule has 0 unspecified atom stereocenters. The third-order valence-corrected chi connectivity index (χ3v) is 5.18. The summed E-state index contributed by atoms with van der Waals surface area (Å²) in [5.74, 6) is 1.14. The Hall–Kier alpha value is -2.14. The number of likely N-dealkylation sites (tertiary alicyclic amines) is 1. The molecule has 2 aliphatic heterocycles. The highest BCUT2D eigenvalue weighted by molar-refractivity contribution is 5.87. The third kappa shape index (κ3) is 2.88. The monoisotopic (exact) mass is 311 g/mol. The predicted molar refractivity (Wildman–Crippen MR) is 85.7 cm³/mol. The minimum absolute atomic E-state index is 0.0328. The van der Waals surface area contributed by atoms with Gasteiger partial charge in [-0.2, -0.15) is 0 Å². The van der Waals surface area contributed by atoms with E-state index in [0.29, 0.717) is 0 Å². The van der Waals surface area contributed by atoms with Crippen molar-refractivity contribution in [3.63, 3.8) is 0 Å². The summed E-state index contributed by atoms with van der Waals surface area (Å²) < 4.78 is 5.43. The number of rotatable bonds is 3. The van der Waals surface area contributed by atoms with Gasteiger partial charge in [-0.05, 0) is 49.1 Å². The first-order chi connectivity index (χ1) is 11.2. The Kier molecular flexibility index (Phi) is 3.65. The van der Waals surface area contributed by atoms with Crippen LogP contribution in [0.1, 0.15) is 36.5 Å². The second kappa shape index (κ2) is 5.81. The van der Waals surface area contributed by atoms with Crippen LogP contribution in [0.4, 0.5) is 0 Å². The molecule has 5 heteroatoms. The highest BCUT2D eigenvalue weighted by Gasteiger charge is 2.46. The van der Waals surface area contributed by atoms with Crippen molar-refractivity contribution in [1.82, 2.24) is 15.2 Å². The summed E-state index contributed by atoms with van der Waals surface area (Å²) in [4.78, 5) is 18.9. The molecule has 0 aliphatic carbocycles. The van der Waals surface area contributed by atoms with Crippen molar-refractivity contribution in [2.75, 3.05) is 13.1 Å². The summed E-state index contributed by atoms with van der Waals surface area (Å²) >= 11 is 0. The van der Waals surface area contributed by atoms with Crippen LogP contribution in [0.25, 0.3) is 0 Å². The van der Waals surface area contributed by atoms with Crippen LogP contribution in [0.2, 0.25) is 0 Å². The molecule has 1 spiro atoms. The number of amides is 1. The number of nitrogens with zero attached hydrogens (tertiary/aromatic N) is 2. The zero-order chi connectivity index (χ0) is 15.7. The van der Waals surface area contributed by atoms with Crippen LogP contribution in [0.15, 0.2) is 47.3 Å². The number of pyridine rings is 1. The van der Waals surface area contributed by atoms with E-state index in [4.69, 9.17) is 4.42 Å². The Morgan fingerprint density at radius 1 is 1.26 bits per heavy atom. The molecule has 4 heterocycles. The number of hydrogen-bond donors (Lipinski definition) is 1. The normalized spacial score (nSPS) is 24.0. The van der Waals surface area contributed by atoms with Gasteiger partial charge in [0.1, 0.15) is 5.76 Å². The van der Waals surface area contributed by atoms with Crippen LogP contribution >= 0.6 is 0 Å². The van der Waals surface area contributed by atoms with E-state index in [-0.39, 0.29) is 17.4 Å². The number of piperidine rings is 1. The highest BCUT2D eigenvalue weighted by Crippen LogP contribution is 2.39. The fourth-order valence-corrected chi connectivity index (χ4v) is 3.84. The average molecular weight is 311 g/mol. The Labute approximate surface area is 135 Å². The fourth-order valence-electron chi connectivity index (χ4n) is 3.84. The summed E-state index contributed by atoms with van der Waals surface area (Å²) in [6.45, 7) is 2.83. The van der Waals surface area contributed by atoms with Crippen molar-refractivity contribution >= 4 is 5.91 Å². The lowest BCUT2D eigenvalue weighted by molar-refractivity contribution is -0.121. The maximum absolute atomic E-state index is 12.4. The van der Waals surface area contributed by atoms with Crippen LogP contribution in [0.5, 0.6) is 0 Å². The van der Waals surface area contributed by atoms with Crippen LogP contribution in [0.3, 0.4) is 0 Å². The van der Waals surface area contributed by atoms with Gasteiger partial charge in [0.25, 0.3) is 0 Å². The Morgan fingerprint density at radius 3 is 2.74 bits per heavy atom. The second-order valence-electron chi connectivity index (χ2n) is 6.66. The average Bonchev–Trinajstić information content (AvgIpc) is 3.19. The van der Waals surface area contributed by atoms with Gasteiger partial charge in [0.05, 0.1) is 18.7 Å². The molecule has 23 heavy (non-hydrogen) atoms. The summed E-state index contributed by atoms with van der Waals surface area (Å²) in [6.07, 6.45) is 8.14. The van der Waals surface area contributed by atoms with Crippen molar-refractivity contribution in [2.45, 2.75) is 37.3 Å². The Balaban J connectivity index is 1.40. The minimum atomic E-state index is -0.0370. The molecule has 0 aromatic carbocycles. The molecule has 120 valence electrons. The van der Waals surface area contributed by atoms with Crippen LogP contribution in [-0.4, -0.2) is 34.4 Å². The molecule has 0 bridgehead atoms. The maximum atomic E-state index is 12.4. The first kappa shape index (κ1) is 14.5. The van der Waals surface area contributed by atoms with E-state index in [1.165, 1.54) is 0 Å². The number of furan rings is 1. The van der Waals surface area contributed by atoms with Crippen LogP contribution < -0.4 is 5.32 Å². The standard InChI is InChI=1S/C18H21N3O2/c22-17-16(14-3-7-19-8-4-14)12-18(20-17)5-9-21(10-6-18)13-15-2-1-11-23-15/h1-4,7-8,11,16H,5-6,9-10,12-13H2,(H,20,22)/t16-/m1/s1. The molecule has 1 N–H and O–H groups in total. The van der Waals surface area contributed by atoms with Crippen molar-refractivity contribution in [1.29, 1.82) is 0 Å². The van der Waals surface area contributed by atoms with Gasteiger partial charge in [-0.3, -0.25) is 14.7 Å². The zero-order valence-electron chi connectivity index (χ0n) is 13.1. The lowest BCUT2D eigenvalue weighted by atomic mass is 9.82. The lowest BCUT2D eigenvalue weighted by Gasteiger charge is -2.39. The van der Waals surface area contributed by atoms with E-state index < -0.39 is 0 Å². The van der Waals surface area contributed by atoms with E-state index in [9.17, 15) is 4.79 Å². The molecular weight excluding hydrogens is 290 g/mol. The Bertz CT molecular complexity index is 661. The van der Waals surface area contributed by atoms with E-state index in [2.05, 4.69) is 15.2 Å². The second-order valence-corrected chi connectivity index (χ2v) is 6.66. The number of aromatic nitrogens is 1. The molecule has 0 saturated carbocycles. The highest BCUT2D eigenvalue weighted by atomic mass is 16.3. The molecule has 2 aliphatic rings. The van der Waals surface area contributed by atoms with E-state index in [1.54, 1.807) is 18.7 Å². The summed E-state index contributed by atoms with van der Waals surface area (Å²) in [5.41, 5.74) is 1.04. The lowest BCUT2D eigenvalue weighted by Crippen LogP contribution is -2.50. The van der Waals surface area contributed by atoms with E-state index in [0.717, 1.165) is 50.2 Å². The SMILES string of the molecule is O=C1NC2(CCN(Cc3ccco3)CC2)C[C@@H]1c1ccncc1. The fraction of sp³-hybridized carbons (Fsp3) is 0.444. The van der Waals surface area contributed by atoms with E-state index >= 15 is 0 Å². The van der Waals surface area contributed by atoms with Gasteiger partial charge in [-0.25, -0.2) is 0 Å². The van der Waals surface area contributed by atoms with Gasteiger partial charge < -0.3 is 9.73 Å². The molecule has 1 amide bonds. The summed E-state index contributed by atoms with van der Waals surface area (Å²) in [7, 11) is 0. The predicted octanol–water partition coefficient (Wildman–Crippen LogP) is 2.31. The molecule has 2 fully saturated rings. The number of carbonyl (C=O) groups is 1. The van der Waals surface area contributed by atoms with Gasteiger partial charge >= 0.3 is 0 Å². The number of nitrogens with one attached hydrogen (secondary N) is 1. The summed E-state index contributed by atoms with van der Waals surface area (Å²) in [6, 6.07) is 7.85. The van der Waals surface area contributed by atoms with Crippen molar-refractivity contribution in [3.8, 4) is 0 Å². The van der Waals surface area contributed by atoms with Crippen molar-refractivity contribution in [2.24, 2.45) is 0 Å².